The molecule has 5 aliphatic rings. The molecule has 0 saturated heterocycles. The van der Waals surface area contributed by atoms with Gasteiger partial charge >= 0.3 is 41.2 Å². The Hall–Kier alpha value is -12.7. The lowest BCUT2D eigenvalue weighted by molar-refractivity contribution is 0.0679. The Morgan fingerprint density at radius 2 is 0.863 bits per heavy atom. The highest BCUT2D eigenvalue weighted by molar-refractivity contribution is 7.85. The van der Waals surface area contributed by atoms with Gasteiger partial charge in [-0.1, -0.05) is 111 Å². The number of nitrogens with zero attached hydrogens (tertiary/aromatic N) is 12. The van der Waals surface area contributed by atoms with Gasteiger partial charge in [0.2, 0.25) is 11.7 Å². The highest BCUT2D eigenvalue weighted by Crippen LogP contribution is 2.63. The van der Waals surface area contributed by atoms with Gasteiger partial charge in [0.15, 0.2) is 34.5 Å². The van der Waals surface area contributed by atoms with Gasteiger partial charge < -0.3 is 55.7 Å². The number of carbonyl (C=O) groups excluding carboxylic acids is 4. The molecule has 139 heavy (non-hydrogen) atoms. The number of aromatic hydroxyl groups is 3. The minimum absolute atomic E-state index is 0. The summed E-state index contributed by atoms with van der Waals surface area (Å²) in [6.45, 7) is 23.2. The second-order valence-electron chi connectivity index (χ2n) is 34.4. The van der Waals surface area contributed by atoms with E-state index in [0.717, 1.165) is 17.2 Å². The summed E-state index contributed by atoms with van der Waals surface area (Å²) in [6.07, 6.45) is 7.00. The average Bonchev–Trinajstić information content (AvgIpc) is 1.51. The quantitative estimate of drug-likeness (QED) is 0.0272. The van der Waals surface area contributed by atoms with Crippen molar-refractivity contribution in [2.24, 2.45) is 0 Å². The van der Waals surface area contributed by atoms with Gasteiger partial charge in [-0.25, -0.2) is 17.6 Å². The number of phenols is 2. The van der Waals surface area contributed by atoms with Gasteiger partial charge in [-0.2, -0.15) is 50.9 Å². The maximum Gasteiger partial charge on any atom is 0.384 e. The van der Waals surface area contributed by atoms with Crippen molar-refractivity contribution in [2.75, 3.05) is 61.7 Å². The number of halogens is 6. The van der Waals surface area contributed by atoms with Crippen LogP contribution in [-0.2, 0) is 77.1 Å². The van der Waals surface area contributed by atoms with Crippen LogP contribution in [0.4, 0.5) is 17.6 Å². The second-order valence-corrected chi connectivity index (χ2v) is 47.5. The van der Waals surface area contributed by atoms with Crippen LogP contribution < -0.4 is 27.5 Å². The molecule has 0 bridgehead atoms. The predicted octanol–water partition coefficient (Wildman–Crippen LogP) is 15.4. The number of carbonyl (C=O) groups is 4. The molecule has 32 nitrogen and oxygen atoms in total. The van der Waals surface area contributed by atoms with Crippen molar-refractivity contribution in [1.82, 2.24) is 56.4 Å². The summed E-state index contributed by atoms with van der Waals surface area (Å²) >= 11 is 9.53. The first-order chi connectivity index (χ1) is 64.9. The molecule has 0 radical (unpaired) electrons. The zero-order valence-corrected chi connectivity index (χ0v) is 83.2. The lowest BCUT2D eigenvalue weighted by Crippen LogP contribution is -2.51. The van der Waals surface area contributed by atoms with Gasteiger partial charge in [0.1, 0.15) is 51.3 Å². The summed E-state index contributed by atoms with van der Waals surface area (Å²) in [5.74, 6) is -4.47. The molecule has 3 amide bonds. The van der Waals surface area contributed by atoms with Crippen molar-refractivity contribution in [3.8, 4) is 40.4 Å². The van der Waals surface area contributed by atoms with E-state index in [1.165, 1.54) is 156 Å². The van der Waals surface area contributed by atoms with Crippen LogP contribution in [0.2, 0.25) is 16.6 Å². The number of benzene rings is 7. The van der Waals surface area contributed by atoms with E-state index in [1.807, 2.05) is 0 Å². The Morgan fingerprint density at radius 3 is 1.32 bits per heavy atom. The minimum atomic E-state index is -4.21. The molecule has 17 rings (SSSR count). The normalized spacial score (nSPS) is 14.8. The molecular formula is C96H102Cl2F4N12O20S4Si. The SMILES string of the molecule is C.C=C1c2c(c(O[Si](C(C)C)(C(C)C)C(C)C)c3ncccc3c2OS(=O)(=O)N(C)C)C(=O)N1Cc1ccc(F)cc1.C=c1c2c(c(O)n1Cc1ccc(F)cc1)C(=O)c1ncccc1C=2OS(=O)(=O)N(C)C.CC1c2c(c(O)c3ncccc3c2OS(=O)(=O)N(C)C)C(=O)N1Cc1ccc(F)cc1.CN(C)S(=O)(=O)Oc1c2c(c(O)c3ncccc13)C(=O)N(Cc1ccc(F)cc1)C21CC1.ClCCl. The van der Waals surface area contributed by atoms with Crippen LogP contribution in [0.25, 0.3) is 50.7 Å². The van der Waals surface area contributed by atoms with Crippen molar-refractivity contribution < 1.29 is 107 Å². The Kier molecular flexibility index (Phi) is 31.0. The van der Waals surface area contributed by atoms with Crippen molar-refractivity contribution >= 4 is 147 Å². The number of rotatable bonds is 25. The van der Waals surface area contributed by atoms with Gasteiger partial charge in [0.25, 0.3) is 26.0 Å². The Morgan fingerprint density at radius 1 is 0.475 bits per heavy atom. The van der Waals surface area contributed by atoms with E-state index >= 15 is 0 Å². The average molecular weight is 2050 g/mol. The first-order valence-corrected chi connectivity index (χ1v) is 51.4. The van der Waals surface area contributed by atoms with Crippen LogP contribution in [0, 0.1) is 23.3 Å². The first-order valence-electron chi connectivity index (χ1n) is 42.7. The Bertz CT molecular complexity index is 7460. The van der Waals surface area contributed by atoms with E-state index in [4.69, 9.17) is 44.4 Å². The molecule has 8 heterocycles. The van der Waals surface area contributed by atoms with E-state index < -0.39 is 108 Å². The molecule has 3 N–H and O–H groups in total. The molecular weight excluding hydrogens is 1940 g/mol. The van der Waals surface area contributed by atoms with Crippen LogP contribution >= 0.6 is 23.2 Å². The summed E-state index contributed by atoms with van der Waals surface area (Å²) in [6, 6.07) is 35.2. The third-order valence-electron chi connectivity index (χ3n) is 24.2. The summed E-state index contributed by atoms with van der Waals surface area (Å²) in [4.78, 5) is 75.5. The monoisotopic (exact) mass is 2040 g/mol. The molecule has 1 saturated carbocycles. The third kappa shape index (κ3) is 20.2. The predicted molar refractivity (Wildman–Crippen MR) is 521 cm³/mol. The Balaban J connectivity index is 0.000000165. The molecule has 1 spiro atoms. The van der Waals surface area contributed by atoms with Crippen LogP contribution in [0.3, 0.4) is 0 Å². The standard InChI is InChI=1S/C30H38FN3O5SSi.C22H20FN3O5S.C21H20FN3O5S.C21H18FN3O5S.CH2Cl2.CH4/c1-18(2)41(19(3)4,20(5)6)39-29-26-25(21(7)34(30(26)35)17-22-12-14-23(31)15-13-22)28(38-40(36,37)33(8)9)24-11-10-16-32-27(24)29;1-25(2)32(29,30)31-20-15-4-3-11-24-18(15)19(27)16-17(20)22(9-10-22)26(21(16)28)12-13-5-7-14(23)8-6-13;2*1-12-16-17(21(27)25(12)11-13-6-8-14(22)9-7-13)19(26)18-15(5-4-10-23-18)20(16)30-31(28,29)24(2)3;2-1-3;/h10-16,18-20H,7,17H2,1-6,8-9H3;3-8,11,27H,9-10,12H2,1-2H3;4-10,12,26H,11H2,1-3H3;4-10,27H,1,11H2,2-3H3;1H2;1H4. The molecule has 43 heteroatoms. The van der Waals surface area contributed by atoms with Crippen LogP contribution in [0.5, 0.6) is 40.4 Å². The summed E-state index contributed by atoms with van der Waals surface area (Å²) in [5.41, 5.74) is 4.20. The lowest BCUT2D eigenvalue weighted by Gasteiger charge is -2.42. The molecule has 1 unspecified atom stereocenters. The Labute approximate surface area is 813 Å². The van der Waals surface area contributed by atoms with Crippen molar-refractivity contribution in [2.45, 2.75) is 123 Å². The smallest absolute Gasteiger partial charge is 0.384 e. The maximum absolute atomic E-state index is 14.3. The fourth-order valence-corrected chi connectivity index (χ4v) is 24.6. The first kappa shape index (κ1) is 105. The molecule has 2 aliphatic carbocycles. The van der Waals surface area contributed by atoms with Crippen molar-refractivity contribution in [3.05, 3.63) is 283 Å². The number of hydrogen-bond donors (Lipinski definition) is 3. The van der Waals surface area contributed by atoms with Crippen LogP contribution in [0.1, 0.15) is 166 Å². The van der Waals surface area contributed by atoms with Gasteiger partial charge in [-0.3, -0.25) is 39.1 Å². The maximum atomic E-state index is 14.3. The molecule has 1 atom stereocenters. The number of alkyl halides is 2. The summed E-state index contributed by atoms with van der Waals surface area (Å²) in [5, 5.41) is 34.1. The van der Waals surface area contributed by atoms with E-state index in [-0.39, 0.29) is 173 Å². The number of fused-ring (bicyclic) bond motifs is 9. The van der Waals surface area contributed by atoms with Gasteiger partial charge in [-0.15, -0.1) is 23.2 Å². The van der Waals surface area contributed by atoms with Gasteiger partial charge in [-0.05, 0) is 156 Å². The number of hydrogen-bond acceptors (Lipinski definition) is 24. The summed E-state index contributed by atoms with van der Waals surface area (Å²) in [7, 11) is -8.64. The fraction of sp³-hybridized carbons (Fsp3) is 0.292. The van der Waals surface area contributed by atoms with E-state index in [1.54, 1.807) is 96.9 Å². The summed E-state index contributed by atoms with van der Waals surface area (Å²) < 4.78 is 189. The van der Waals surface area contributed by atoms with Crippen LogP contribution in [0.15, 0.2) is 177 Å². The number of amides is 3. The largest absolute Gasteiger partial charge is 0.541 e. The van der Waals surface area contributed by atoms with E-state index in [9.17, 15) is 85.7 Å². The molecule has 5 aromatic heterocycles. The zero-order chi connectivity index (χ0) is 101. The number of ketones is 1. The zero-order valence-electron chi connectivity index (χ0n) is 77.4. The molecule has 3 aliphatic heterocycles. The number of aromatic nitrogens is 5. The number of phenolic OH excluding ortho intramolecular Hbond substituents is 2. The minimum Gasteiger partial charge on any atom is -0.541 e. The highest BCUT2D eigenvalue weighted by atomic mass is 35.5. The van der Waals surface area contributed by atoms with E-state index in [0.29, 0.717) is 62.7 Å². The lowest BCUT2D eigenvalue weighted by atomic mass is 9.96. The third-order valence-corrected chi connectivity index (χ3v) is 35.3. The molecule has 1 fully saturated rings. The topological polar surface area (TPSA) is 391 Å². The molecule has 12 aromatic rings. The molecule has 736 valence electrons. The van der Waals surface area contributed by atoms with Crippen molar-refractivity contribution in [1.29, 1.82) is 0 Å². The van der Waals surface area contributed by atoms with Gasteiger partial charge in [0, 0.05) is 138 Å². The molecule has 7 aromatic carbocycles. The van der Waals surface area contributed by atoms with E-state index in [2.05, 4.69) is 74.6 Å². The van der Waals surface area contributed by atoms with Crippen molar-refractivity contribution in [3.63, 3.8) is 0 Å². The number of pyridine rings is 4. The van der Waals surface area contributed by atoms with Gasteiger partial charge in [0.05, 0.1) is 63.0 Å². The highest BCUT2D eigenvalue weighted by Gasteiger charge is 2.62. The fourth-order valence-electron chi connectivity index (χ4n) is 17.2. The second kappa shape index (κ2) is 41.0. The van der Waals surface area contributed by atoms with Crippen LogP contribution in [-0.4, -0.2) is 199 Å².